The van der Waals surface area contributed by atoms with E-state index in [0.29, 0.717) is 17.4 Å². The van der Waals surface area contributed by atoms with Crippen LogP contribution in [0.15, 0.2) is 65.3 Å². The molecule has 1 atom stereocenters. The summed E-state index contributed by atoms with van der Waals surface area (Å²) < 4.78 is 11.2. The summed E-state index contributed by atoms with van der Waals surface area (Å²) in [6.07, 6.45) is 1.22. The number of hydrogen-bond donors (Lipinski definition) is 0. The zero-order valence-electron chi connectivity index (χ0n) is 13.0. The van der Waals surface area contributed by atoms with Crippen LogP contribution in [0.3, 0.4) is 0 Å². The highest BCUT2D eigenvalue weighted by atomic mass is 16.5. The predicted octanol–water partition coefficient (Wildman–Crippen LogP) is 3.82. The second-order valence-corrected chi connectivity index (χ2v) is 5.33. The summed E-state index contributed by atoms with van der Waals surface area (Å²) in [6.45, 7) is 1.86. The first-order valence-electron chi connectivity index (χ1n) is 7.57. The zero-order valence-corrected chi connectivity index (χ0v) is 13.0. The molecule has 0 spiro atoms. The van der Waals surface area contributed by atoms with E-state index >= 15 is 0 Å². The lowest BCUT2D eigenvalue weighted by atomic mass is 10.1. The summed E-state index contributed by atoms with van der Waals surface area (Å²) in [5.41, 5.74) is 0.561. The van der Waals surface area contributed by atoms with Gasteiger partial charge in [-0.15, -0.1) is 5.10 Å². The summed E-state index contributed by atoms with van der Waals surface area (Å²) in [5, 5.41) is 14.0. The largest absolute Gasteiger partial charge is 0.481 e. The molecule has 0 aliphatic carbocycles. The molecule has 0 radical (unpaired) electrons. The molecule has 0 aliphatic heterocycles. The molecule has 0 aliphatic rings. The number of ether oxygens (including phenoxy) is 1. The van der Waals surface area contributed by atoms with Crippen molar-refractivity contribution in [1.82, 2.24) is 20.3 Å². The van der Waals surface area contributed by atoms with Crippen molar-refractivity contribution >= 4 is 10.8 Å². The van der Waals surface area contributed by atoms with Crippen molar-refractivity contribution < 1.29 is 9.26 Å². The Bertz CT molecular complexity index is 969. The fraction of sp³-hybridized carbons (Fsp3) is 0.111. The standard InChI is InChI=1S/C18H14N4O2/c1-12(18-20-17(22-24-18)16-7-4-10-19-21-16)23-15-9-8-13-5-2-3-6-14(13)11-15/h2-12H,1H3/t12-/m0/s1. The maximum absolute atomic E-state index is 5.93. The van der Waals surface area contributed by atoms with Crippen LogP contribution in [0.5, 0.6) is 5.75 Å². The molecular weight excluding hydrogens is 304 g/mol. The topological polar surface area (TPSA) is 73.9 Å². The van der Waals surface area contributed by atoms with Crippen LogP contribution >= 0.6 is 0 Å². The quantitative estimate of drug-likeness (QED) is 0.569. The van der Waals surface area contributed by atoms with Crippen LogP contribution in [0.25, 0.3) is 22.3 Å². The zero-order chi connectivity index (χ0) is 16.4. The van der Waals surface area contributed by atoms with Crippen LogP contribution < -0.4 is 4.74 Å². The van der Waals surface area contributed by atoms with Crippen LogP contribution in [-0.2, 0) is 0 Å². The van der Waals surface area contributed by atoms with Crippen molar-refractivity contribution in [3.8, 4) is 17.3 Å². The monoisotopic (exact) mass is 318 g/mol. The Labute approximate surface area is 138 Å². The minimum atomic E-state index is -0.371. The molecule has 2 aromatic heterocycles. The molecule has 24 heavy (non-hydrogen) atoms. The average Bonchev–Trinajstić information content (AvgIpc) is 3.13. The predicted molar refractivity (Wildman–Crippen MR) is 88.3 cm³/mol. The molecule has 2 aromatic carbocycles. The van der Waals surface area contributed by atoms with Gasteiger partial charge in [0.2, 0.25) is 5.82 Å². The molecule has 0 bridgehead atoms. The van der Waals surface area contributed by atoms with Crippen LogP contribution in [0, 0.1) is 0 Å². The van der Waals surface area contributed by atoms with Crippen LogP contribution in [0.4, 0.5) is 0 Å². The second-order valence-electron chi connectivity index (χ2n) is 5.33. The molecule has 6 heteroatoms. The van der Waals surface area contributed by atoms with Gasteiger partial charge in [0.15, 0.2) is 6.10 Å². The number of nitrogens with zero attached hydrogens (tertiary/aromatic N) is 4. The van der Waals surface area contributed by atoms with Crippen molar-refractivity contribution in [3.05, 3.63) is 66.7 Å². The van der Waals surface area contributed by atoms with E-state index in [-0.39, 0.29) is 6.10 Å². The first-order valence-corrected chi connectivity index (χ1v) is 7.57. The minimum Gasteiger partial charge on any atom is -0.481 e. The van der Waals surface area contributed by atoms with Crippen molar-refractivity contribution in [3.63, 3.8) is 0 Å². The molecule has 0 saturated heterocycles. The number of benzene rings is 2. The Hall–Kier alpha value is -3.28. The third kappa shape index (κ3) is 2.81. The van der Waals surface area contributed by atoms with E-state index in [1.54, 1.807) is 18.3 Å². The lowest BCUT2D eigenvalue weighted by Crippen LogP contribution is -2.03. The van der Waals surface area contributed by atoms with Gasteiger partial charge in [-0.1, -0.05) is 35.5 Å². The lowest BCUT2D eigenvalue weighted by Gasteiger charge is -2.11. The van der Waals surface area contributed by atoms with Crippen LogP contribution in [0.2, 0.25) is 0 Å². The molecule has 6 nitrogen and oxygen atoms in total. The molecule has 0 saturated carbocycles. The highest BCUT2D eigenvalue weighted by Gasteiger charge is 2.17. The van der Waals surface area contributed by atoms with Gasteiger partial charge in [0.25, 0.3) is 5.89 Å². The summed E-state index contributed by atoms with van der Waals surface area (Å²) in [6, 6.07) is 17.6. The van der Waals surface area contributed by atoms with E-state index < -0.39 is 0 Å². The van der Waals surface area contributed by atoms with E-state index in [1.807, 2.05) is 43.3 Å². The van der Waals surface area contributed by atoms with Gasteiger partial charge in [0, 0.05) is 6.20 Å². The van der Waals surface area contributed by atoms with E-state index in [9.17, 15) is 0 Å². The molecule has 2 heterocycles. The first-order chi connectivity index (χ1) is 11.8. The summed E-state index contributed by atoms with van der Waals surface area (Å²) in [7, 11) is 0. The van der Waals surface area contributed by atoms with Crippen molar-refractivity contribution in [2.24, 2.45) is 0 Å². The maximum atomic E-state index is 5.93. The molecule has 4 aromatic rings. The van der Waals surface area contributed by atoms with Crippen molar-refractivity contribution in [2.75, 3.05) is 0 Å². The highest BCUT2D eigenvalue weighted by Crippen LogP contribution is 2.25. The Kier molecular flexibility index (Phi) is 3.63. The molecule has 118 valence electrons. The molecular formula is C18H14N4O2. The summed E-state index contributed by atoms with van der Waals surface area (Å²) in [4.78, 5) is 4.33. The van der Waals surface area contributed by atoms with Gasteiger partial charge in [0.1, 0.15) is 11.4 Å². The SMILES string of the molecule is C[C@H](Oc1ccc2ccccc2c1)c1nc(-c2cccnn2)no1. The van der Waals surface area contributed by atoms with Crippen molar-refractivity contribution in [2.45, 2.75) is 13.0 Å². The normalized spacial score (nSPS) is 12.2. The minimum absolute atomic E-state index is 0.371. The van der Waals surface area contributed by atoms with Crippen molar-refractivity contribution in [1.29, 1.82) is 0 Å². The summed E-state index contributed by atoms with van der Waals surface area (Å²) >= 11 is 0. The molecule has 0 unspecified atom stereocenters. The van der Waals surface area contributed by atoms with Gasteiger partial charge in [-0.3, -0.25) is 0 Å². The number of rotatable bonds is 4. The van der Waals surface area contributed by atoms with Gasteiger partial charge in [-0.25, -0.2) is 0 Å². The third-order valence-corrected chi connectivity index (χ3v) is 3.62. The average molecular weight is 318 g/mol. The number of aromatic nitrogens is 4. The van der Waals surface area contributed by atoms with Gasteiger partial charge in [-0.2, -0.15) is 10.1 Å². The smallest absolute Gasteiger partial charge is 0.267 e. The Morgan fingerprint density at radius 1 is 1.00 bits per heavy atom. The molecule has 0 N–H and O–H groups in total. The second kappa shape index (κ2) is 6.08. The molecule has 0 amide bonds. The summed E-state index contributed by atoms with van der Waals surface area (Å²) in [5.74, 6) is 1.54. The third-order valence-electron chi connectivity index (χ3n) is 3.62. The van der Waals surface area contributed by atoms with Crippen LogP contribution in [0.1, 0.15) is 18.9 Å². The first kappa shape index (κ1) is 14.3. The van der Waals surface area contributed by atoms with Gasteiger partial charge < -0.3 is 9.26 Å². The van der Waals surface area contributed by atoms with E-state index in [2.05, 4.69) is 26.4 Å². The van der Waals surface area contributed by atoms with Gasteiger partial charge >= 0.3 is 0 Å². The van der Waals surface area contributed by atoms with Gasteiger partial charge in [0.05, 0.1) is 0 Å². The van der Waals surface area contributed by atoms with Gasteiger partial charge in [-0.05, 0) is 42.0 Å². The fourth-order valence-corrected chi connectivity index (χ4v) is 2.42. The van der Waals surface area contributed by atoms with E-state index in [0.717, 1.165) is 11.1 Å². The molecule has 4 rings (SSSR count). The maximum Gasteiger partial charge on any atom is 0.267 e. The number of hydrogen-bond acceptors (Lipinski definition) is 6. The Morgan fingerprint density at radius 2 is 1.88 bits per heavy atom. The Morgan fingerprint density at radius 3 is 2.71 bits per heavy atom. The fourth-order valence-electron chi connectivity index (χ4n) is 2.42. The van der Waals surface area contributed by atoms with E-state index in [4.69, 9.17) is 9.26 Å². The lowest BCUT2D eigenvalue weighted by molar-refractivity contribution is 0.176. The van der Waals surface area contributed by atoms with E-state index in [1.165, 1.54) is 5.39 Å². The highest BCUT2D eigenvalue weighted by molar-refractivity contribution is 5.83. The molecule has 0 fully saturated rings. The van der Waals surface area contributed by atoms with Crippen LogP contribution in [-0.4, -0.2) is 20.3 Å². The number of fused-ring (bicyclic) bond motifs is 1. The Balaban J connectivity index is 1.55.